The van der Waals surface area contributed by atoms with E-state index in [1.807, 2.05) is 56.3 Å². The summed E-state index contributed by atoms with van der Waals surface area (Å²) in [4.78, 5) is 11.7. The molecule has 2 rings (SSSR count). The molecule has 2 aromatic carbocycles. The van der Waals surface area contributed by atoms with E-state index < -0.39 is 0 Å². The van der Waals surface area contributed by atoms with Gasteiger partial charge < -0.3 is 15.4 Å². The summed E-state index contributed by atoms with van der Waals surface area (Å²) in [5, 5.41) is 6.15. The Labute approximate surface area is 141 Å². The van der Waals surface area contributed by atoms with Gasteiger partial charge in [0, 0.05) is 11.6 Å². The standard InChI is InChI=1S/C18H21ClN2O2/c1-13-7-8-16(11-14(13)2)23-12-21-18(22)20-10-9-15-5-3-4-6-17(15)19/h3-8,11H,9-10,12H2,1-2H3,(H2,20,21,22). The number of benzene rings is 2. The Morgan fingerprint density at radius 3 is 2.61 bits per heavy atom. The van der Waals surface area contributed by atoms with Crippen LogP contribution < -0.4 is 15.4 Å². The molecule has 0 aliphatic carbocycles. The fraction of sp³-hybridized carbons (Fsp3) is 0.278. The van der Waals surface area contributed by atoms with Crippen molar-refractivity contribution in [1.82, 2.24) is 10.6 Å². The van der Waals surface area contributed by atoms with Crippen LogP contribution in [0.4, 0.5) is 4.79 Å². The average molecular weight is 333 g/mol. The summed E-state index contributed by atoms with van der Waals surface area (Å²) in [7, 11) is 0. The van der Waals surface area contributed by atoms with Crippen LogP contribution in [-0.2, 0) is 6.42 Å². The van der Waals surface area contributed by atoms with Crippen molar-refractivity contribution in [3.63, 3.8) is 0 Å². The summed E-state index contributed by atoms with van der Waals surface area (Å²) < 4.78 is 5.50. The number of rotatable bonds is 6. The lowest BCUT2D eigenvalue weighted by Gasteiger charge is -2.11. The van der Waals surface area contributed by atoms with Gasteiger partial charge in [0.05, 0.1) is 0 Å². The van der Waals surface area contributed by atoms with Gasteiger partial charge in [0.15, 0.2) is 6.73 Å². The van der Waals surface area contributed by atoms with Crippen LogP contribution in [0.25, 0.3) is 0 Å². The molecule has 0 aromatic heterocycles. The van der Waals surface area contributed by atoms with Crippen molar-refractivity contribution in [3.8, 4) is 5.75 Å². The van der Waals surface area contributed by atoms with Gasteiger partial charge in [-0.3, -0.25) is 0 Å². The first-order valence-electron chi connectivity index (χ1n) is 7.51. The number of carbonyl (C=O) groups excluding carboxylic acids is 1. The van der Waals surface area contributed by atoms with E-state index in [0.29, 0.717) is 18.0 Å². The quantitative estimate of drug-likeness (QED) is 0.790. The molecule has 0 saturated carbocycles. The van der Waals surface area contributed by atoms with Gasteiger partial charge in [-0.15, -0.1) is 0 Å². The number of hydrogen-bond donors (Lipinski definition) is 2. The highest BCUT2D eigenvalue weighted by atomic mass is 35.5. The van der Waals surface area contributed by atoms with Crippen LogP contribution in [0.5, 0.6) is 5.75 Å². The zero-order valence-corrected chi connectivity index (χ0v) is 14.1. The number of halogens is 1. The van der Waals surface area contributed by atoms with Crippen LogP contribution in [0, 0.1) is 13.8 Å². The zero-order chi connectivity index (χ0) is 16.7. The predicted molar refractivity (Wildman–Crippen MR) is 93.1 cm³/mol. The number of ether oxygens (including phenoxy) is 1. The van der Waals surface area contributed by atoms with Gasteiger partial charge in [-0.2, -0.15) is 0 Å². The maximum absolute atomic E-state index is 11.7. The number of hydrogen-bond acceptors (Lipinski definition) is 2. The van der Waals surface area contributed by atoms with Crippen LogP contribution in [0.1, 0.15) is 16.7 Å². The van der Waals surface area contributed by atoms with E-state index in [1.165, 1.54) is 5.56 Å². The Bertz CT molecular complexity index is 674. The molecule has 0 atom stereocenters. The molecule has 0 unspecified atom stereocenters. The summed E-state index contributed by atoms with van der Waals surface area (Å²) in [6, 6.07) is 13.2. The van der Waals surface area contributed by atoms with Crippen molar-refractivity contribution in [2.24, 2.45) is 0 Å². The number of aryl methyl sites for hydroxylation is 2. The molecule has 0 heterocycles. The first-order valence-corrected chi connectivity index (χ1v) is 7.89. The lowest BCUT2D eigenvalue weighted by Crippen LogP contribution is -2.38. The minimum atomic E-state index is -0.263. The minimum absolute atomic E-state index is 0.125. The van der Waals surface area contributed by atoms with Gasteiger partial charge in [-0.1, -0.05) is 35.9 Å². The van der Waals surface area contributed by atoms with Crippen molar-refractivity contribution in [1.29, 1.82) is 0 Å². The van der Waals surface area contributed by atoms with E-state index in [0.717, 1.165) is 16.9 Å². The number of amides is 2. The summed E-state index contributed by atoms with van der Waals surface area (Å²) in [5.41, 5.74) is 3.38. The number of nitrogens with one attached hydrogen (secondary N) is 2. The Kier molecular flexibility index (Phi) is 6.29. The predicted octanol–water partition coefficient (Wildman–Crippen LogP) is 3.84. The van der Waals surface area contributed by atoms with Crippen molar-refractivity contribution in [2.45, 2.75) is 20.3 Å². The molecule has 4 nitrogen and oxygen atoms in total. The summed E-state index contributed by atoms with van der Waals surface area (Å²) >= 11 is 6.07. The second-order valence-corrected chi connectivity index (χ2v) is 5.72. The van der Waals surface area contributed by atoms with Crippen LogP contribution in [0.3, 0.4) is 0 Å². The fourth-order valence-electron chi connectivity index (χ4n) is 2.06. The largest absolute Gasteiger partial charge is 0.473 e. The van der Waals surface area contributed by atoms with Crippen molar-refractivity contribution >= 4 is 17.6 Å². The highest BCUT2D eigenvalue weighted by Gasteiger charge is 2.03. The van der Waals surface area contributed by atoms with Crippen LogP contribution in [0.2, 0.25) is 5.02 Å². The molecule has 0 aliphatic heterocycles. The van der Waals surface area contributed by atoms with E-state index in [1.54, 1.807) is 0 Å². The Hall–Kier alpha value is -2.20. The highest BCUT2D eigenvalue weighted by Crippen LogP contribution is 2.16. The molecule has 0 saturated heterocycles. The Morgan fingerprint density at radius 1 is 1.09 bits per heavy atom. The summed E-state index contributed by atoms with van der Waals surface area (Å²) in [5.74, 6) is 0.740. The van der Waals surface area contributed by atoms with Crippen molar-refractivity contribution in [2.75, 3.05) is 13.3 Å². The molecule has 2 aromatic rings. The molecule has 0 aliphatic rings. The molecular formula is C18H21ClN2O2. The van der Waals surface area contributed by atoms with Gasteiger partial charge in [0.25, 0.3) is 0 Å². The maximum atomic E-state index is 11.7. The van der Waals surface area contributed by atoms with Gasteiger partial charge in [-0.05, 0) is 55.2 Å². The summed E-state index contributed by atoms with van der Waals surface area (Å²) in [6.07, 6.45) is 0.686. The molecule has 0 radical (unpaired) electrons. The second-order valence-electron chi connectivity index (χ2n) is 5.31. The third-order valence-electron chi connectivity index (χ3n) is 3.59. The van der Waals surface area contributed by atoms with E-state index >= 15 is 0 Å². The zero-order valence-electron chi connectivity index (χ0n) is 13.4. The number of urea groups is 1. The smallest absolute Gasteiger partial charge is 0.317 e. The van der Waals surface area contributed by atoms with E-state index in [-0.39, 0.29) is 12.8 Å². The molecule has 2 N–H and O–H groups in total. The molecule has 0 bridgehead atoms. The topological polar surface area (TPSA) is 50.4 Å². The second kappa shape index (κ2) is 8.44. The molecule has 0 fully saturated rings. The lowest BCUT2D eigenvalue weighted by molar-refractivity contribution is 0.224. The molecular weight excluding hydrogens is 312 g/mol. The van der Waals surface area contributed by atoms with Crippen LogP contribution >= 0.6 is 11.6 Å². The normalized spacial score (nSPS) is 10.2. The monoisotopic (exact) mass is 332 g/mol. The van der Waals surface area contributed by atoms with Gasteiger partial charge >= 0.3 is 6.03 Å². The van der Waals surface area contributed by atoms with E-state index in [2.05, 4.69) is 10.6 Å². The molecule has 23 heavy (non-hydrogen) atoms. The van der Waals surface area contributed by atoms with Crippen molar-refractivity contribution in [3.05, 3.63) is 64.2 Å². The molecule has 2 amide bonds. The Morgan fingerprint density at radius 2 is 1.87 bits per heavy atom. The van der Waals surface area contributed by atoms with Gasteiger partial charge in [-0.25, -0.2) is 4.79 Å². The first-order chi connectivity index (χ1) is 11.1. The minimum Gasteiger partial charge on any atom is -0.473 e. The van der Waals surface area contributed by atoms with Gasteiger partial charge in [0.1, 0.15) is 5.75 Å². The third-order valence-corrected chi connectivity index (χ3v) is 3.96. The molecule has 5 heteroatoms. The fourth-order valence-corrected chi connectivity index (χ4v) is 2.29. The maximum Gasteiger partial charge on any atom is 0.317 e. The number of carbonyl (C=O) groups is 1. The lowest BCUT2D eigenvalue weighted by atomic mass is 10.1. The Balaban J connectivity index is 1.67. The van der Waals surface area contributed by atoms with Crippen LogP contribution in [-0.4, -0.2) is 19.3 Å². The van der Waals surface area contributed by atoms with Crippen LogP contribution in [0.15, 0.2) is 42.5 Å². The molecule has 122 valence electrons. The third kappa shape index (κ3) is 5.49. The highest BCUT2D eigenvalue weighted by molar-refractivity contribution is 6.31. The SMILES string of the molecule is Cc1ccc(OCNC(=O)NCCc2ccccc2Cl)cc1C. The van der Waals surface area contributed by atoms with Gasteiger partial charge in [0.2, 0.25) is 0 Å². The molecule has 0 spiro atoms. The van der Waals surface area contributed by atoms with E-state index in [4.69, 9.17) is 16.3 Å². The van der Waals surface area contributed by atoms with Crippen molar-refractivity contribution < 1.29 is 9.53 Å². The first kappa shape index (κ1) is 17.2. The van der Waals surface area contributed by atoms with E-state index in [9.17, 15) is 4.79 Å². The average Bonchev–Trinajstić information content (AvgIpc) is 2.53. The summed E-state index contributed by atoms with van der Waals surface area (Å²) in [6.45, 7) is 4.71.